The van der Waals surface area contributed by atoms with Crippen molar-refractivity contribution in [1.29, 1.82) is 0 Å². The van der Waals surface area contributed by atoms with Gasteiger partial charge < -0.3 is 19.9 Å². The quantitative estimate of drug-likeness (QED) is 0.446. The van der Waals surface area contributed by atoms with Crippen molar-refractivity contribution in [2.75, 3.05) is 25.0 Å². The van der Waals surface area contributed by atoms with Crippen LogP contribution in [-0.4, -0.2) is 46.7 Å². The second kappa shape index (κ2) is 11.5. The molecule has 172 valence electrons. The summed E-state index contributed by atoms with van der Waals surface area (Å²) in [4.78, 5) is 29.2. The molecule has 0 saturated carbocycles. The van der Waals surface area contributed by atoms with E-state index in [0.717, 1.165) is 27.4 Å². The van der Waals surface area contributed by atoms with Crippen molar-refractivity contribution in [3.63, 3.8) is 0 Å². The van der Waals surface area contributed by atoms with Crippen LogP contribution >= 0.6 is 0 Å². The number of hydrogen-bond acceptors (Lipinski definition) is 6. The first-order valence-corrected chi connectivity index (χ1v) is 10.5. The molecule has 2 N–H and O–H groups in total. The van der Waals surface area contributed by atoms with Crippen molar-refractivity contribution in [1.82, 2.24) is 9.88 Å². The fraction of sp³-hybridized carbons (Fsp3) is 0.240. The second-order valence-corrected chi connectivity index (χ2v) is 7.52. The molecule has 0 aliphatic heterocycles. The van der Waals surface area contributed by atoms with Crippen molar-refractivity contribution in [2.24, 2.45) is 0 Å². The third-order valence-electron chi connectivity index (χ3n) is 4.75. The average Bonchev–Trinajstić information content (AvgIpc) is 2.78. The largest absolute Gasteiger partial charge is 0.492 e. The number of nitrogens with one attached hydrogen (secondary N) is 1. The van der Waals surface area contributed by atoms with E-state index in [4.69, 9.17) is 9.47 Å². The first kappa shape index (κ1) is 23.6. The SMILES string of the molecule is Cc1cccc(OC(=O)N(CC(=O)O)Cc2ccc(OCCNc3ncccc3C)cc2)c1. The van der Waals surface area contributed by atoms with Crippen LogP contribution in [0.5, 0.6) is 11.5 Å². The molecule has 0 atom stereocenters. The normalized spacial score (nSPS) is 10.4. The number of carbonyl (C=O) groups excluding carboxylic acids is 1. The van der Waals surface area contributed by atoms with Crippen molar-refractivity contribution in [3.05, 3.63) is 83.6 Å². The van der Waals surface area contributed by atoms with Gasteiger partial charge in [0.15, 0.2) is 0 Å². The molecule has 0 unspecified atom stereocenters. The molecule has 0 spiro atoms. The van der Waals surface area contributed by atoms with Gasteiger partial charge in [-0.15, -0.1) is 0 Å². The highest BCUT2D eigenvalue weighted by molar-refractivity contribution is 5.78. The molecule has 0 aliphatic carbocycles. The zero-order valence-electron chi connectivity index (χ0n) is 18.7. The van der Waals surface area contributed by atoms with Crippen molar-refractivity contribution in [3.8, 4) is 11.5 Å². The number of carbonyl (C=O) groups is 2. The Morgan fingerprint density at radius 3 is 2.52 bits per heavy atom. The number of amides is 1. The summed E-state index contributed by atoms with van der Waals surface area (Å²) in [5, 5.41) is 12.4. The van der Waals surface area contributed by atoms with E-state index in [1.54, 1.807) is 48.7 Å². The number of carboxylic acid groups (broad SMARTS) is 1. The molecule has 3 aromatic rings. The first-order valence-electron chi connectivity index (χ1n) is 10.5. The summed E-state index contributed by atoms with van der Waals surface area (Å²) < 4.78 is 11.1. The lowest BCUT2D eigenvalue weighted by Crippen LogP contribution is -2.37. The lowest BCUT2D eigenvalue weighted by atomic mass is 10.2. The van der Waals surface area contributed by atoms with Crippen LogP contribution in [0.1, 0.15) is 16.7 Å². The van der Waals surface area contributed by atoms with Crippen LogP contribution in [-0.2, 0) is 11.3 Å². The number of hydrogen-bond donors (Lipinski definition) is 2. The molecule has 1 aromatic heterocycles. The number of rotatable bonds is 10. The number of aryl methyl sites for hydroxylation is 2. The van der Waals surface area contributed by atoms with Gasteiger partial charge >= 0.3 is 12.1 Å². The zero-order valence-corrected chi connectivity index (χ0v) is 18.7. The molecule has 1 amide bonds. The van der Waals surface area contributed by atoms with E-state index in [-0.39, 0.29) is 6.54 Å². The maximum Gasteiger partial charge on any atom is 0.416 e. The number of pyridine rings is 1. The summed E-state index contributed by atoms with van der Waals surface area (Å²) in [6.07, 6.45) is 1.01. The Hall–Kier alpha value is -4.07. The van der Waals surface area contributed by atoms with E-state index in [9.17, 15) is 14.7 Å². The van der Waals surface area contributed by atoms with Gasteiger partial charge in [0.2, 0.25) is 0 Å². The molecule has 8 nitrogen and oxygen atoms in total. The number of aliphatic carboxylic acids is 1. The topological polar surface area (TPSA) is 101 Å². The Labute approximate surface area is 192 Å². The third kappa shape index (κ3) is 7.53. The van der Waals surface area contributed by atoms with Gasteiger partial charge in [-0.25, -0.2) is 9.78 Å². The van der Waals surface area contributed by atoms with Gasteiger partial charge in [-0.05, 0) is 60.9 Å². The van der Waals surface area contributed by atoms with Crippen molar-refractivity contribution < 1.29 is 24.2 Å². The van der Waals surface area contributed by atoms with Gasteiger partial charge in [0.1, 0.15) is 30.5 Å². The number of benzene rings is 2. The number of anilines is 1. The number of carboxylic acids is 1. The summed E-state index contributed by atoms with van der Waals surface area (Å²) >= 11 is 0. The molecule has 0 radical (unpaired) electrons. The molecule has 3 rings (SSSR count). The molecule has 0 aliphatic rings. The summed E-state index contributed by atoms with van der Waals surface area (Å²) in [6.45, 7) is 4.53. The maximum absolute atomic E-state index is 12.5. The van der Waals surface area contributed by atoms with Gasteiger partial charge in [0, 0.05) is 12.7 Å². The average molecular weight is 450 g/mol. The van der Waals surface area contributed by atoms with Gasteiger partial charge in [-0.1, -0.05) is 30.3 Å². The van der Waals surface area contributed by atoms with Crippen LogP contribution in [0.4, 0.5) is 10.6 Å². The molecule has 33 heavy (non-hydrogen) atoms. The Morgan fingerprint density at radius 1 is 1.03 bits per heavy atom. The van der Waals surface area contributed by atoms with Crippen molar-refractivity contribution >= 4 is 17.9 Å². The summed E-state index contributed by atoms with van der Waals surface area (Å²) in [5.74, 6) is 0.748. The molecular weight excluding hydrogens is 422 g/mol. The standard InChI is InChI=1S/C25H27N3O5/c1-18-5-3-7-22(15-18)33-25(31)28(17-23(29)30)16-20-8-10-21(11-9-20)32-14-13-27-24-19(2)6-4-12-26-24/h3-12,15H,13-14,16-17H2,1-2H3,(H,26,27)(H,29,30). The van der Waals surface area contributed by atoms with Crippen LogP contribution in [0.25, 0.3) is 0 Å². The fourth-order valence-electron chi connectivity index (χ4n) is 3.11. The van der Waals surface area contributed by atoms with Gasteiger partial charge in [-0.2, -0.15) is 0 Å². The monoisotopic (exact) mass is 449 g/mol. The van der Waals surface area contributed by atoms with Crippen LogP contribution in [0.15, 0.2) is 66.9 Å². The zero-order chi connectivity index (χ0) is 23.6. The lowest BCUT2D eigenvalue weighted by Gasteiger charge is -2.20. The molecular formula is C25H27N3O5. The minimum atomic E-state index is -1.12. The number of aromatic nitrogens is 1. The second-order valence-electron chi connectivity index (χ2n) is 7.52. The van der Waals surface area contributed by atoms with E-state index >= 15 is 0 Å². The highest BCUT2D eigenvalue weighted by Gasteiger charge is 2.19. The predicted octanol–water partition coefficient (Wildman–Crippen LogP) is 4.27. The third-order valence-corrected chi connectivity index (χ3v) is 4.75. The van der Waals surface area contributed by atoms with E-state index in [1.807, 2.05) is 32.0 Å². The lowest BCUT2D eigenvalue weighted by molar-refractivity contribution is -0.138. The fourth-order valence-corrected chi connectivity index (χ4v) is 3.11. The van der Waals surface area contributed by atoms with E-state index < -0.39 is 18.6 Å². The first-order chi connectivity index (χ1) is 15.9. The number of nitrogens with zero attached hydrogens (tertiary/aromatic N) is 2. The Morgan fingerprint density at radius 2 is 1.82 bits per heavy atom. The van der Waals surface area contributed by atoms with Crippen LogP contribution in [0.3, 0.4) is 0 Å². The molecule has 1 heterocycles. The van der Waals surface area contributed by atoms with Gasteiger partial charge in [0.25, 0.3) is 0 Å². The summed E-state index contributed by atoms with van der Waals surface area (Å²) in [5.41, 5.74) is 2.76. The highest BCUT2D eigenvalue weighted by Crippen LogP contribution is 2.17. The highest BCUT2D eigenvalue weighted by atomic mass is 16.6. The van der Waals surface area contributed by atoms with Crippen LogP contribution in [0, 0.1) is 13.8 Å². The number of ether oxygens (including phenoxy) is 2. The smallest absolute Gasteiger partial charge is 0.416 e. The van der Waals surface area contributed by atoms with Gasteiger partial charge in [-0.3, -0.25) is 9.69 Å². The maximum atomic E-state index is 12.5. The molecule has 8 heteroatoms. The van der Waals surface area contributed by atoms with E-state index in [2.05, 4.69) is 10.3 Å². The Bertz CT molecular complexity index is 1090. The van der Waals surface area contributed by atoms with E-state index in [0.29, 0.717) is 24.7 Å². The predicted molar refractivity (Wildman–Crippen MR) is 125 cm³/mol. The van der Waals surface area contributed by atoms with Crippen LogP contribution < -0.4 is 14.8 Å². The minimum Gasteiger partial charge on any atom is -0.492 e. The Balaban J connectivity index is 1.53. The molecule has 0 fully saturated rings. The Kier molecular flexibility index (Phi) is 8.24. The molecule has 0 bridgehead atoms. The summed E-state index contributed by atoms with van der Waals surface area (Å²) in [6, 6.07) is 18.0. The van der Waals surface area contributed by atoms with Crippen molar-refractivity contribution in [2.45, 2.75) is 20.4 Å². The van der Waals surface area contributed by atoms with Crippen LogP contribution in [0.2, 0.25) is 0 Å². The van der Waals surface area contributed by atoms with E-state index in [1.165, 1.54) is 0 Å². The minimum absolute atomic E-state index is 0.0950. The summed E-state index contributed by atoms with van der Waals surface area (Å²) in [7, 11) is 0. The van der Waals surface area contributed by atoms with Gasteiger partial charge in [0.05, 0.1) is 6.54 Å². The molecule has 2 aromatic carbocycles. The molecule has 0 saturated heterocycles.